The Morgan fingerprint density at radius 2 is 1.52 bits per heavy atom. The zero-order valence-electron chi connectivity index (χ0n) is 17.0. The fourth-order valence-electron chi connectivity index (χ4n) is 3.65. The molecule has 3 aromatic carbocycles. The average Bonchev–Trinajstić information content (AvgIpc) is 3.06. The Balaban J connectivity index is 1.90. The Labute approximate surface area is 180 Å². The third-order valence-corrected chi connectivity index (χ3v) is 7.14. The summed E-state index contributed by atoms with van der Waals surface area (Å²) in [5.74, 6) is -0.953. The van der Waals surface area contributed by atoms with E-state index in [-0.39, 0.29) is 9.80 Å². The van der Waals surface area contributed by atoms with Gasteiger partial charge in [0, 0.05) is 5.69 Å². The molecule has 0 bridgehead atoms. The number of rotatable bonds is 5. The lowest BCUT2D eigenvalue weighted by Crippen LogP contribution is -2.31. The molecule has 0 radical (unpaired) electrons. The van der Waals surface area contributed by atoms with Gasteiger partial charge in [0.2, 0.25) is 9.84 Å². The summed E-state index contributed by atoms with van der Waals surface area (Å²) in [6.45, 7) is 1.85. The van der Waals surface area contributed by atoms with Gasteiger partial charge in [0.25, 0.3) is 5.91 Å². The third kappa shape index (κ3) is 3.57. The molecule has 1 aliphatic heterocycles. The standard InChI is InChI=1S/C24H21NO5S/c1-16-8-14-20(15-9-16)31(28,29)23-21(17-6-4-3-5-7-17)25(24(27)22(23)26)18-10-12-19(30-2)13-11-18/h3-15,21,26H,1-2H3/t21-/m0/s1. The first kappa shape index (κ1) is 20.7. The first-order valence-corrected chi connectivity index (χ1v) is 11.1. The topological polar surface area (TPSA) is 83.9 Å². The van der Waals surface area contributed by atoms with Gasteiger partial charge in [0.1, 0.15) is 16.7 Å². The molecule has 6 nitrogen and oxygen atoms in total. The van der Waals surface area contributed by atoms with E-state index in [9.17, 15) is 18.3 Å². The van der Waals surface area contributed by atoms with E-state index in [0.717, 1.165) is 5.56 Å². The molecular formula is C24H21NO5S. The largest absolute Gasteiger partial charge is 0.502 e. The second kappa shape index (κ2) is 7.92. The summed E-state index contributed by atoms with van der Waals surface area (Å²) >= 11 is 0. The van der Waals surface area contributed by atoms with E-state index in [0.29, 0.717) is 17.0 Å². The van der Waals surface area contributed by atoms with Gasteiger partial charge in [-0.2, -0.15) is 0 Å². The van der Waals surface area contributed by atoms with Crippen LogP contribution in [0.15, 0.2) is 94.4 Å². The van der Waals surface area contributed by atoms with Gasteiger partial charge in [0.05, 0.1) is 12.0 Å². The van der Waals surface area contributed by atoms with Gasteiger partial charge in [-0.15, -0.1) is 0 Å². The molecule has 4 rings (SSSR count). The van der Waals surface area contributed by atoms with Crippen molar-refractivity contribution in [1.82, 2.24) is 0 Å². The van der Waals surface area contributed by atoms with Gasteiger partial charge in [-0.1, -0.05) is 48.0 Å². The summed E-state index contributed by atoms with van der Waals surface area (Å²) < 4.78 is 32.3. The molecule has 0 unspecified atom stereocenters. The van der Waals surface area contributed by atoms with Crippen molar-refractivity contribution < 1.29 is 23.1 Å². The molecule has 1 aliphatic rings. The number of aliphatic hydroxyl groups excluding tert-OH is 1. The number of anilines is 1. The van der Waals surface area contributed by atoms with E-state index >= 15 is 0 Å². The van der Waals surface area contributed by atoms with Crippen molar-refractivity contribution in [3.8, 4) is 5.75 Å². The smallest absolute Gasteiger partial charge is 0.295 e. The Morgan fingerprint density at radius 1 is 0.903 bits per heavy atom. The second-order valence-corrected chi connectivity index (χ2v) is 9.13. The van der Waals surface area contributed by atoms with Crippen LogP contribution in [0.1, 0.15) is 17.2 Å². The summed E-state index contributed by atoms with van der Waals surface area (Å²) in [6.07, 6.45) is 0. The van der Waals surface area contributed by atoms with Crippen LogP contribution >= 0.6 is 0 Å². The molecule has 1 amide bonds. The van der Waals surface area contributed by atoms with Crippen LogP contribution in [0.2, 0.25) is 0 Å². The fourth-order valence-corrected chi connectivity index (χ4v) is 5.27. The van der Waals surface area contributed by atoms with Crippen LogP contribution in [0, 0.1) is 6.92 Å². The highest BCUT2D eigenvalue weighted by molar-refractivity contribution is 7.95. The number of aryl methyl sites for hydroxylation is 1. The van der Waals surface area contributed by atoms with Crippen LogP contribution in [0.3, 0.4) is 0 Å². The maximum absolute atomic E-state index is 13.5. The normalized spacial score (nSPS) is 16.6. The van der Waals surface area contributed by atoms with E-state index in [1.54, 1.807) is 66.7 Å². The molecule has 31 heavy (non-hydrogen) atoms. The molecule has 0 saturated carbocycles. The van der Waals surface area contributed by atoms with E-state index in [1.165, 1.54) is 24.1 Å². The van der Waals surface area contributed by atoms with E-state index in [2.05, 4.69) is 0 Å². The van der Waals surface area contributed by atoms with Crippen LogP contribution in [-0.4, -0.2) is 26.5 Å². The van der Waals surface area contributed by atoms with Gasteiger partial charge in [-0.25, -0.2) is 8.42 Å². The molecular weight excluding hydrogens is 414 g/mol. The highest BCUT2D eigenvalue weighted by Crippen LogP contribution is 2.44. The van der Waals surface area contributed by atoms with Crippen LogP contribution < -0.4 is 9.64 Å². The summed E-state index contributed by atoms with van der Waals surface area (Å²) in [4.78, 5) is 14.1. The van der Waals surface area contributed by atoms with Gasteiger partial charge in [-0.05, 0) is 48.9 Å². The van der Waals surface area contributed by atoms with Crippen molar-refractivity contribution >= 4 is 21.4 Å². The summed E-state index contributed by atoms with van der Waals surface area (Å²) in [7, 11) is -2.62. The summed E-state index contributed by atoms with van der Waals surface area (Å²) in [5.41, 5.74) is 1.92. The zero-order valence-corrected chi connectivity index (χ0v) is 17.8. The molecule has 7 heteroatoms. The number of benzene rings is 3. The summed E-state index contributed by atoms with van der Waals surface area (Å²) in [5, 5.41) is 10.8. The minimum Gasteiger partial charge on any atom is -0.502 e. The zero-order chi connectivity index (χ0) is 22.2. The second-order valence-electron chi connectivity index (χ2n) is 7.22. The number of carbonyl (C=O) groups excluding carboxylic acids is 1. The van der Waals surface area contributed by atoms with Crippen molar-refractivity contribution in [2.45, 2.75) is 17.9 Å². The molecule has 3 aromatic rings. The lowest BCUT2D eigenvalue weighted by molar-refractivity contribution is -0.117. The highest BCUT2D eigenvalue weighted by atomic mass is 32.2. The lowest BCUT2D eigenvalue weighted by atomic mass is 10.1. The Hall–Kier alpha value is -3.58. The SMILES string of the molecule is COc1ccc(N2C(=O)C(O)=C(S(=O)(=O)c3ccc(C)cc3)[C@@H]2c2ccccc2)cc1. The predicted molar refractivity (Wildman–Crippen MR) is 118 cm³/mol. The Kier molecular flexibility index (Phi) is 5.29. The van der Waals surface area contributed by atoms with Crippen LogP contribution in [-0.2, 0) is 14.6 Å². The number of nitrogens with zero attached hydrogens (tertiary/aromatic N) is 1. The van der Waals surface area contributed by atoms with E-state index in [1.807, 2.05) is 6.92 Å². The number of aliphatic hydroxyl groups is 1. The minimum atomic E-state index is -4.15. The van der Waals surface area contributed by atoms with Crippen molar-refractivity contribution in [2.75, 3.05) is 12.0 Å². The molecule has 0 saturated heterocycles. The van der Waals surface area contributed by atoms with E-state index in [4.69, 9.17) is 4.74 Å². The fraction of sp³-hybridized carbons (Fsp3) is 0.125. The van der Waals surface area contributed by atoms with Crippen molar-refractivity contribution in [3.05, 3.63) is 101 Å². The predicted octanol–water partition coefficient (Wildman–Crippen LogP) is 4.34. The highest BCUT2D eigenvalue weighted by Gasteiger charge is 2.47. The first-order valence-electron chi connectivity index (χ1n) is 9.62. The number of carbonyl (C=O) groups is 1. The van der Waals surface area contributed by atoms with Crippen molar-refractivity contribution in [1.29, 1.82) is 0 Å². The van der Waals surface area contributed by atoms with Crippen molar-refractivity contribution in [3.63, 3.8) is 0 Å². The van der Waals surface area contributed by atoms with Gasteiger partial charge < -0.3 is 9.84 Å². The maximum atomic E-state index is 13.5. The van der Waals surface area contributed by atoms with E-state index < -0.39 is 27.5 Å². The molecule has 0 fully saturated rings. The average molecular weight is 436 g/mol. The number of methoxy groups -OCH3 is 1. The molecule has 0 aromatic heterocycles. The van der Waals surface area contributed by atoms with Crippen LogP contribution in [0.25, 0.3) is 0 Å². The molecule has 1 atom stereocenters. The van der Waals surface area contributed by atoms with Gasteiger partial charge in [0.15, 0.2) is 5.76 Å². The number of amides is 1. The molecule has 1 heterocycles. The lowest BCUT2D eigenvalue weighted by Gasteiger charge is -2.27. The third-order valence-electron chi connectivity index (χ3n) is 5.25. The molecule has 0 aliphatic carbocycles. The number of ether oxygens (including phenoxy) is 1. The van der Waals surface area contributed by atoms with Crippen molar-refractivity contribution in [2.24, 2.45) is 0 Å². The van der Waals surface area contributed by atoms with Gasteiger partial charge >= 0.3 is 0 Å². The molecule has 158 valence electrons. The molecule has 1 N–H and O–H groups in total. The number of sulfone groups is 1. The minimum absolute atomic E-state index is 0.0185. The monoisotopic (exact) mass is 435 g/mol. The Morgan fingerprint density at radius 3 is 2.10 bits per heavy atom. The Bertz CT molecular complexity index is 1250. The molecule has 0 spiro atoms. The first-order chi connectivity index (χ1) is 14.8. The van der Waals surface area contributed by atoms with Gasteiger partial charge in [-0.3, -0.25) is 9.69 Å². The quantitative estimate of drug-likeness (QED) is 0.645. The van der Waals surface area contributed by atoms with Crippen LogP contribution in [0.5, 0.6) is 5.75 Å². The van der Waals surface area contributed by atoms with Crippen LogP contribution in [0.4, 0.5) is 5.69 Å². The number of hydrogen-bond donors (Lipinski definition) is 1. The maximum Gasteiger partial charge on any atom is 0.295 e. The summed E-state index contributed by atoms with van der Waals surface area (Å²) in [6, 6.07) is 20.8. The number of hydrogen-bond acceptors (Lipinski definition) is 5.